The summed E-state index contributed by atoms with van der Waals surface area (Å²) in [6, 6.07) is 11.5. The third kappa shape index (κ3) is 7.30. The first-order valence-corrected chi connectivity index (χ1v) is 12.2. The van der Waals surface area contributed by atoms with Crippen LogP contribution in [-0.2, 0) is 4.79 Å². The molecule has 0 bridgehead atoms. The standard InChI is InChI=1S/C25H31N3O6S/c1-31-20-15-18(16-21(32-2)23(20)33-3)25-27-26-24(35-25)17-10-9-11-19(14-17)34-13-8-6-4-5-7-12-22(29)28-30/h9-11,14-16,30H,4-8,12-13H2,1-3H3,(H,28,29). The highest BCUT2D eigenvalue weighted by Crippen LogP contribution is 2.42. The number of hydrogen-bond donors (Lipinski definition) is 2. The highest BCUT2D eigenvalue weighted by Gasteiger charge is 2.17. The van der Waals surface area contributed by atoms with E-state index in [-0.39, 0.29) is 5.91 Å². The molecule has 0 aliphatic heterocycles. The second kappa shape index (κ2) is 13.5. The molecule has 0 aliphatic rings. The van der Waals surface area contributed by atoms with E-state index in [1.54, 1.807) is 26.8 Å². The number of benzene rings is 2. The molecule has 0 fully saturated rings. The van der Waals surface area contributed by atoms with Crippen molar-refractivity contribution in [3.8, 4) is 44.1 Å². The lowest BCUT2D eigenvalue weighted by atomic mass is 10.1. The first-order valence-electron chi connectivity index (χ1n) is 11.4. The number of hydrogen-bond acceptors (Lipinski definition) is 9. The molecule has 1 amide bonds. The number of ether oxygens (including phenoxy) is 4. The number of carbonyl (C=O) groups is 1. The quantitative estimate of drug-likeness (QED) is 0.178. The Morgan fingerprint density at radius 1 is 0.886 bits per heavy atom. The fraction of sp³-hybridized carbons (Fsp3) is 0.400. The zero-order valence-electron chi connectivity index (χ0n) is 20.2. The Balaban J connectivity index is 1.57. The normalized spacial score (nSPS) is 10.6. The molecule has 35 heavy (non-hydrogen) atoms. The number of hydroxylamine groups is 1. The molecule has 188 valence electrons. The van der Waals surface area contributed by atoms with E-state index in [1.807, 2.05) is 36.4 Å². The molecule has 9 nitrogen and oxygen atoms in total. The average molecular weight is 502 g/mol. The van der Waals surface area contributed by atoms with Crippen molar-refractivity contribution in [2.24, 2.45) is 0 Å². The van der Waals surface area contributed by atoms with Crippen molar-refractivity contribution in [1.29, 1.82) is 0 Å². The number of methoxy groups -OCH3 is 3. The van der Waals surface area contributed by atoms with E-state index in [9.17, 15) is 4.79 Å². The van der Waals surface area contributed by atoms with Gasteiger partial charge in [0.15, 0.2) is 11.5 Å². The van der Waals surface area contributed by atoms with E-state index in [2.05, 4.69) is 10.2 Å². The molecular weight excluding hydrogens is 470 g/mol. The highest BCUT2D eigenvalue weighted by molar-refractivity contribution is 7.17. The second-order valence-electron chi connectivity index (χ2n) is 7.76. The van der Waals surface area contributed by atoms with E-state index >= 15 is 0 Å². The van der Waals surface area contributed by atoms with Gasteiger partial charge in [0.1, 0.15) is 15.8 Å². The molecule has 0 unspecified atom stereocenters. The van der Waals surface area contributed by atoms with Crippen molar-refractivity contribution in [3.63, 3.8) is 0 Å². The average Bonchev–Trinajstić information content (AvgIpc) is 3.39. The van der Waals surface area contributed by atoms with Gasteiger partial charge in [-0.1, -0.05) is 42.7 Å². The van der Waals surface area contributed by atoms with E-state index in [0.29, 0.717) is 30.3 Å². The summed E-state index contributed by atoms with van der Waals surface area (Å²) in [5.41, 5.74) is 3.41. The number of nitrogens with zero attached hydrogens (tertiary/aromatic N) is 2. The monoisotopic (exact) mass is 501 g/mol. The molecule has 2 N–H and O–H groups in total. The number of rotatable bonds is 14. The summed E-state index contributed by atoms with van der Waals surface area (Å²) >= 11 is 1.47. The fourth-order valence-electron chi connectivity index (χ4n) is 3.54. The van der Waals surface area contributed by atoms with Crippen molar-refractivity contribution in [2.75, 3.05) is 27.9 Å². The summed E-state index contributed by atoms with van der Waals surface area (Å²) in [6.07, 6.45) is 5.06. The van der Waals surface area contributed by atoms with Crippen LogP contribution in [0.25, 0.3) is 21.1 Å². The molecule has 0 saturated heterocycles. The molecular formula is C25H31N3O6S. The number of nitrogens with one attached hydrogen (secondary N) is 1. The van der Waals surface area contributed by atoms with Gasteiger partial charge in [-0.05, 0) is 37.1 Å². The Bertz CT molecular complexity index is 1080. The summed E-state index contributed by atoms with van der Waals surface area (Å²) in [5, 5.41) is 18.7. The lowest BCUT2D eigenvalue weighted by Gasteiger charge is -2.13. The largest absolute Gasteiger partial charge is 0.494 e. The van der Waals surface area contributed by atoms with Crippen molar-refractivity contribution in [1.82, 2.24) is 15.7 Å². The molecule has 0 radical (unpaired) electrons. The second-order valence-corrected chi connectivity index (χ2v) is 8.73. The van der Waals surface area contributed by atoms with Crippen LogP contribution in [0.15, 0.2) is 36.4 Å². The lowest BCUT2D eigenvalue weighted by molar-refractivity contribution is -0.129. The zero-order chi connectivity index (χ0) is 25.0. The molecule has 0 saturated carbocycles. The summed E-state index contributed by atoms with van der Waals surface area (Å²) in [4.78, 5) is 11.0. The molecule has 3 rings (SSSR count). The smallest absolute Gasteiger partial charge is 0.243 e. The van der Waals surface area contributed by atoms with Crippen LogP contribution in [0.5, 0.6) is 23.0 Å². The Morgan fingerprint density at radius 3 is 2.20 bits per heavy atom. The summed E-state index contributed by atoms with van der Waals surface area (Å²) in [5.74, 6) is 2.10. The Kier molecular flexibility index (Phi) is 10.1. The Labute approximate surface area is 209 Å². The van der Waals surface area contributed by atoms with Gasteiger partial charge in [0.05, 0.1) is 27.9 Å². The van der Waals surface area contributed by atoms with Crippen LogP contribution in [0.3, 0.4) is 0 Å². The maximum atomic E-state index is 11.0. The van der Waals surface area contributed by atoms with E-state index in [1.165, 1.54) is 11.3 Å². The Morgan fingerprint density at radius 2 is 1.54 bits per heavy atom. The van der Waals surface area contributed by atoms with Crippen LogP contribution in [0.4, 0.5) is 0 Å². The molecule has 0 spiro atoms. The molecule has 10 heteroatoms. The van der Waals surface area contributed by atoms with Crippen molar-refractivity contribution in [3.05, 3.63) is 36.4 Å². The van der Waals surface area contributed by atoms with Gasteiger partial charge in [0.25, 0.3) is 0 Å². The van der Waals surface area contributed by atoms with Crippen LogP contribution >= 0.6 is 11.3 Å². The fourth-order valence-corrected chi connectivity index (χ4v) is 4.37. The zero-order valence-corrected chi connectivity index (χ0v) is 21.0. The van der Waals surface area contributed by atoms with Crippen LogP contribution in [0.1, 0.15) is 38.5 Å². The van der Waals surface area contributed by atoms with E-state index in [4.69, 9.17) is 24.2 Å². The third-order valence-corrected chi connectivity index (χ3v) is 6.38. The van der Waals surface area contributed by atoms with Gasteiger partial charge in [-0.3, -0.25) is 10.0 Å². The predicted molar refractivity (Wildman–Crippen MR) is 134 cm³/mol. The van der Waals surface area contributed by atoms with Gasteiger partial charge in [-0.2, -0.15) is 0 Å². The number of amides is 1. The van der Waals surface area contributed by atoms with Gasteiger partial charge >= 0.3 is 0 Å². The molecule has 0 aliphatic carbocycles. The van der Waals surface area contributed by atoms with Crippen LogP contribution in [0, 0.1) is 0 Å². The van der Waals surface area contributed by atoms with Gasteiger partial charge in [0.2, 0.25) is 11.7 Å². The summed E-state index contributed by atoms with van der Waals surface area (Å²) < 4.78 is 22.2. The first-order chi connectivity index (χ1) is 17.1. The minimum atomic E-state index is -0.334. The van der Waals surface area contributed by atoms with Crippen LogP contribution in [0.2, 0.25) is 0 Å². The molecule has 1 heterocycles. The number of carbonyl (C=O) groups excluding carboxylic acids is 1. The maximum absolute atomic E-state index is 11.0. The van der Waals surface area contributed by atoms with Crippen LogP contribution < -0.4 is 24.4 Å². The molecule has 3 aromatic rings. The predicted octanol–water partition coefficient (Wildman–Crippen LogP) is 5.12. The van der Waals surface area contributed by atoms with Gasteiger partial charge in [0, 0.05) is 17.5 Å². The summed E-state index contributed by atoms with van der Waals surface area (Å²) in [7, 11) is 4.73. The number of aromatic nitrogens is 2. The maximum Gasteiger partial charge on any atom is 0.243 e. The minimum Gasteiger partial charge on any atom is -0.494 e. The minimum absolute atomic E-state index is 0.334. The summed E-state index contributed by atoms with van der Waals surface area (Å²) in [6.45, 7) is 0.618. The van der Waals surface area contributed by atoms with Crippen molar-refractivity contribution >= 4 is 17.2 Å². The SMILES string of the molecule is COc1cc(-c2nnc(-c3cccc(OCCCCCCCC(=O)NO)c3)s2)cc(OC)c1OC. The van der Waals surface area contributed by atoms with Crippen LogP contribution in [-0.4, -0.2) is 49.2 Å². The third-order valence-electron chi connectivity index (χ3n) is 5.36. The van der Waals surface area contributed by atoms with Gasteiger partial charge in [-0.15, -0.1) is 10.2 Å². The van der Waals surface area contributed by atoms with E-state index < -0.39 is 0 Å². The molecule has 0 atom stereocenters. The topological polar surface area (TPSA) is 112 Å². The van der Waals surface area contributed by atoms with Crippen molar-refractivity contribution < 1.29 is 28.9 Å². The molecule has 1 aromatic heterocycles. The highest BCUT2D eigenvalue weighted by atomic mass is 32.1. The number of unbranched alkanes of at least 4 members (excludes halogenated alkanes) is 4. The first kappa shape index (κ1) is 26.2. The van der Waals surface area contributed by atoms with E-state index in [0.717, 1.165) is 59.0 Å². The Hall–Kier alpha value is -3.37. The lowest BCUT2D eigenvalue weighted by Crippen LogP contribution is -2.17. The van der Waals surface area contributed by atoms with Gasteiger partial charge in [-0.25, -0.2) is 5.48 Å². The van der Waals surface area contributed by atoms with Gasteiger partial charge < -0.3 is 18.9 Å². The molecule has 2 aromatic carbocycles. The van der Waals surface area contributed by atoms with Crippen molar-refractivity contribution in [2.45, 2.75) is 38.5 Å².